The van der Waals surface area contributed by atoms with Crippen molar-refractivity contribution in [2.24, 2.45) is 0 Å². The third-order valence-electron chi connectivity index (χ3n) is 7.45. The molecule has 0 saturated carbocycles. The number of hydrogen-bond acceptors (Lipinski definition) is 6. The maximum atomic E-state index is 14.7. The van der Waals surface area contributed by atoms with Gasteiger partial charge in [0.1, 0.15) is 25.3 Å². The highest BCUT2D eigenvalue weighted by Crippen LogP contribution is 2.41. The highest BCUT2D eigenvalue weighted by atomic mass is 19.3. The van der Waals surface area contributed by atoms with Crippen LogP contribution in [-0.2, 0) is 18.0 Å². The zero-order valence-corrected chi connectivity index (χ0v) is 23.2. The Hall–Kier alpha value is -4.65. The van der Waals surface area contributed by atoms with Gasteiger partial charge in [0.15, 0.2) is 11.5 Å². The number of amides is 2. The number of halogens is 2. The van der Waals surface area contributed by atoms with Crippen LogP contribution >= 0.6 is 0 Å². The number of nitrogens with zero attached hydrogens (tertiary/aromatic N) is 3. The number of methoxy groups -OCH3 is 1. The fourth-order valence-electron chi connectivity index (χ4n) is 5.34. The molecule has 3 aromatic carbocycles. The van der Waals surface area contributed by atoms with E-state index in [-0.39, 0.29) is 36.0 Å². The summed E-state index contributed by atoms with van der Waals surface area (Å²) in [5.74, 6) is -4.04. The molecule has 0 aromatic heterocycles. The van der Waals surface area contributed by atoms with Crippen LogP contribution in [0.4, 0.5) is 8.78 Å². The number of nitriles is 1. The predicted molar refractivity (Wildman–Crippen MR) is 149 cm³/mol. The molecule has 3 aromatic rings. The SMILES string of the molecule is COc1cc(C(=O)N2CC(F)(F)CC2C(=O)N2CCCC2C#N)cc(OCc2ccccc2)c1OCc1ccccc1. The van der Waals surface area contributed by atoms with Crippen molar-refractivity contribution in [3.05, 3.63) is 89.5 Å². The zero-order chi connectivity index (χ0) is 29.7. The van der Waals surface area contributed by atoms with Gasteiger partial charge in [0.2, 0.25) is 11.7 Å². The van der Waals surface area contributed by atoms with Crippen molar-refractivity contribution in [3.63, 3.8) is 0 Å². The maximum Gasteiger partial charge on any atom is 0.267 e. The van der Waals surface area contributed by atoms with Crippen LogP contribution in [0.3, 0.4) is 0 Å². The number of likely N-dealkylation sites (tertiary alicyclic amines) is 2. The smallest absolute Gasteiger partial charge is 0.267 e. The van der Waals surface area contributed by atoms with Crippen molar-refractivity contribution < 1.29 is 32.6 Å². The van der Waals surface area contributed by atoms with E-state index in [2.05, 4.69) is 6.07 Å². The highest BCUT2D eigenvalue weighted by Gasteiger charge is 2.52. The van der Waals surface area contributed by atoms with Crippen LogP contribution in [0.2, 0.25) is 0 Å². The lowest BCUT2D eigenvalue weighted by atomic mass is 10.1. The molecule has 0 N–H and O–H groups in total. The molecule has 0 radical (unpaired) electrons. The Balaban J connectivity index is 1.47. The number of benzene rings is 3. The second-order valence-electron chi connectivity index (χ2n) is 10.4. The van der Waals surface area contributed by atoms with Crippen LogP contribution in [0.5, 0.6) is 17.2 Å². The normalized spacial score (nSPS) is 19.3. The minimum atomic E-state index is -3.26. The minimum Gasteiger partial charge on any atom is -0.493 e. The van der Waals surface area contributed by atoms with Crippen molar-refractivity contribution >= 4 is 11.8 Å². The monoisotopic (exact) mass is 575 g/mol. The first-order valence-electron chi connectivity index (χ1n) is 13.7. The lowest BCUT2D eigenvalue weighted by molar-refractivity contribution is -0.135. The van der Waals surface area contributed by atoms with Crippen LogP contribution in [0, 0.1) is 11.3 Å². The van der Waals surface area contributed by atoms with Gasteiger partial charge >= 0.3 is 0 Å². The Kier molecular flexibility index (Phi) is 8.57. The molecule has 5 rings (SSSR count). The molecular formula is C32H31F2N3O5. The molecule has 218 valence electrons. The Morgan fingerprint density at radius 2 is 1.57 bits per heavy atom. The molecule has 2 heterocycles. The molecule has 2 saturated heterocycles. The lowest BCUT2D eigenvalue weighted by Gasteiger charge is -2.29. The second kappa shape index (κ2) is 12.5. The number of carbonyl (C=O) groups is 2. The first kappa shape index (κ1) is 28.9. The fourth-order valence-corrected chi connectivity index (χ4v) is 5.34. The third-order valence-corrected chi connectivity index (χ3v) is 7.45. The van der Waals surface area contributed by atoms with Gasteiger partial charge in [-0.15, -0.1) is 0 Å². The molecule has 2 unspecified atom stereocenters. The van der Waals surface area contributed by atoms with Crippen molar-refractivity contribution in [2.45, 2.75) is 50.5 Å². The van der Waals surface area contributed by atoms with Gasteiger partial charge in [-0.05, 0) is 36.1 Å². The van der Waals surface area contributed by atoms with Gasteiger partial charge in [-0.25, -0.2) is 8.78 Å². The molecule has 0 spiro atoms. The molecule has 8 nitrogen and oxygen atoms in total. The zero-order valence-electron chi connectivity index (χ0n) is 23.2. The summed E-state index contributed by atoms with van der Waals surface area (Å²) in [6.45, 7) is -0.282. The van der Waals surface area contributed by atoms with E-state index < -0.39 is 42.8 Å². The van der Waals surface area contributed by atoms with E-state index in [1.165, 1.54) is 24.1 Å². The van der Waals surface area contributed by atoms with Crippen LogP contribution in [-0.4, -0.2) is 59.8 Å². The van der Waals surface area contributed by atoms with E-state index in [0.29, 0.717) is 19.4 Å². The van der Waals surface area contributed by atoms with Crippen LogP contribution in [0.1, 0.15) is 40.7 Å². The predicted octanol–water partition coefficient (Wildman–Crippen LogP) is 5.22. The van der Waals surface area contributed by atoms with Crippen LogP contribution in [0.15, 0.2) is 72.8 Å². The Morgan fingerprint density at radius 3 is 2.19 bits per heavy atom. The van der Waals surface area contributed by atoms with Crippen LogP contribution in [0.25, 0.3) is 0 Å². The molecule has 10 heteroatoms. The molecule has 0 aliphatic carbocycles. The summed E-state index contributed by atoms with van der Waals surface area (Å²) in [6.07, 6.45) is 0.271. The van der Waals surface area contributed by atoms with Crippen LogP contribution < -0.4 is 14.2 Å². The molecule has 42 heavy (non-hydrogen) atoms. The topological polar surface area (TPSA) is 92.1 Å². The average molecular weight is 576 g/mol. The fraction of sp³-hybridized carbons (Fsp3) is 0.344. The van der Waals surface area contributed by atoms with Gasteiger partial charge in [0.25, 0.3) is 11.8 Å². The van der Waals surface area contributed by atoms with Crippen molar-refractivity contribution in [1.82, 2.24) is 9.80 Å². The van der Waals surface area contributed by atoms with Gasteiger partial charge in [-0.2, -0.15) is 5.26 Å². The van der Waals surface area contributed by atoms with E-state index in [1.807, 2.05) is 60.7 Å². The van der Waals surface area contributed by atoms with E-state index >= 15 is 0 Å². The summed E-state index contributed by atoms with van der Waals surface area (Å²) in [6, 6.07) is 21.7. The largest absolute Gasteiger partial charge is 0.493 e. The lowest BCUT2D eigenvalue weighted by Crippen LogP contribution is -2.49. The molecule has 2 aliphatic rings. The summed E-state index contributed by atoms with van der Waals surface area (Å²) in [4.78, 5) is 29.4. The first-order chi connectivity index (χ1) is 20.3. The number of hydrogen-bond donors (Lipinski definition) is 0. The van der Waals surface area contributed by atoms with Gasteiger partial charge in [-0.1, -0.05) is 60.7 Å². The molecule has 2 fully saturated rings. The summed E-state index contributed by atoms with van der Waals surface area (Å²) < 4.78 is 47.2. The quantitative estimate of drug-likeness (QED) is 0.348. The molecular weight excluding hydrogens is 544 g/mol. The standard InChI is InChI=1S/C32H31F2N3O5/c1-40-27-15-24(30(38)37-21-32(33,34)17-26(37)31(39)36-14-8-13-25(36)18-35)16-28(41-19-22-9-4-2-5-10-22)29(27)42-20-23-11-6-3-7-12-23/h2-7,9-12,15-16,25-26H,8,13-14,17,19-21H2,1H3. The molecule has 2 aliphatic heterocycles. The third kappa shape index (κ3) is 6.30. The summed E-state index contributed by atoms with van der Waals surface area (Å²) in [5.41, 5.74) is 1.77. The Bertz CT molecular complexity index is 1460. The first-order valence-corrected chi connectivity index (χ1v) is 13.7. The van der Waals surface area contributed by atoms with Crippen molar-refractivity contribution in [3.8, 4) is 23.3 Å². The average Bonchev–Trinajstić information content (AvgIpc) is 3.63. The van der Waals surface area contributed by atoms with Gasteiger partial charge in [0.05, 0.1) is 19.7 Å². The van der Waals surface area contributed by atoms with E-state index in [9.17, 15) is 23.6 Å². The second-order valence-corrected chi connectivity index (χ2v) is 10.4. The highest BCUT2D eigenvalue weighted by molar-refractivity contribution is 5.99. The Morgan fingerprint density at radius 1 is 0.952 bits per heavy atom. The van der Waals surface area contributed by atoms with E-state index in [0.717, 1.165) is 16.0 Å². The van der Waals surface area contributed by atoms with Crippen molar-refractivity contribution in [1.29, 1.82) is 5.26 Å². The molecule has 2 amide bonds. The minimum absolute atomic E-state index is 0.00993. The van der Waals surface area contributed by atoms with E-state index in [1.54, 1.807) is 0 Å². The van der Waals surface area contributed by atoms with Gasteiger partial charge < -0.3 is 24.0 Å². The number of ether oxygens (including phenoxy) is 3. The Labute approximate surface area is 243 Å². The van der Waals surface area contributed by atoms with Gasteiger partial charge in [-0.3, -0.25) is 9.59 Å². The number of alkyl halides is 2. The summed E-state index contributed by atoms with van der Waals surface area (Å²) in [7, 11) is 1.41. The summed E-state index contributed by atoms with van der Waals surface area (Å²) >= 11 is 0. The van der Waals surface area contributed by atoms with Crippen molar-refractivity contribution in [2.75, 3.05) is 20.2 Å². The maximum absolute atomic E-state index is 14.7. The van der Waals surface area contributed by atoms with Gasteiger partial charge in [0, 0.05) is 18.5 Å². The number of rotatable bonds is 9. The molecule has 0 bridgehead atoms. The summed E-state index contributed by atoms with van der Waals surface area (Å²) in [5, 5.41) is 9.44. The number of carbonyl (C=O) groups excluding carboxylic acids is 2. The molecule has 2 atom stereocenters. The van der Waals surface area contributed by atoms with E-state index in [4.69, 9.17) is 14.2 Å².